The Morgan fingerprint density at radius 3 is 2.70 bits per heavy atom. The van der Waals surface area contributed by atoms with E-state index in [1.165, 1.54) is 0 Å². The van der Waals surface area contributed by atoms with Crippen LogP contribution >= 0.6 is 11.3 Å². The van der Waals surface area contributed by atoms with Crippen molar-refractivity contribution in [3.05, 3.63) is 45.9 Å². The number of anilines is 1. The first-order valence-corrected chi connectivity index (χ1v) is 8.55. The average Bonchev–Trinajstić information content (AvgIpc) is 2.97. The van der Waals surface area contributed by atoms with Crippen LogP contribution in [0, 0.1) is 12.3 Å². The van der Waals surface area contributed by atoms with Crippen molar-refractivity contribution in [3.8, 4) is 12.3 Å². The summed E-state index contributed by atoms with van der Waals surface area (Å²) in [4.78, 5) is 19.0. The number of carbonyl (C=O) groups excluding carboxylic acids is 1. The molecule has 2 aromatic rings. The minimum absolute atomic E-state index is 0.0114. The lowest BCUT2D eigenvalue weighted by molar-refractivity contribution is -0.118. The van der Waals surface area contributed by atoms with Crippen molar-refractivity contribution >= 4 is 22.9 Å². The third-order valence-electron chi connectivity index (χ3n) is 3.47. The molecule has 4 heteroatoms. The van der Waals surface area contributed by atoms with Crippen molar-refractivity contribution < 1.29 is 4.79 Å². The smallest absolute Gasteiger partial charge is 0.233 e. The number of aromatic nitrogens is 1. The van der Waals surface area contributed by atoms with E-state index in [-0.39, 0.29) is 11.3 Å². The zero-order chi connectivity index (χ0) is 17.0. The van der Waals surface area contributed by atoms with Crippen LogP contribution < -0.4 is 4.90 Å². The molecule has 0 saturated carbocycles. The molecule has 2 rings (SSSR count). The number of hydrogen-bond donors (Lipinski definition) is 0. The third-order valence-corrected chi connectivity index (χ3v) is 4.78. The number of hydrogen-bond acceptors (Lipinski definition) is 3. The van der Waals surface area contributed by atoms with E-state index in [0.717, 1.165) is 22.0 Å². The Labute approximate surface area is 142 Å². The van der Waals surface area contributed by atoms with Crippen LogP contribution in [-0.2, 0) is 16.6 Å². The van der Waals surface area contributed by atoms with Gasteiger partial charge in [-0.25, -0.2) is 4.98 Å². The quantitative estimate of drug-likeness (QED) is 0.795. The lowest BCUT2D eigenvalue weighted by atomic mass is 9.98. The molecular formula is C19H22N2OS. The summed E-state index contributed by atoms with van der Waals surface area (Å²) in [6, 6.07) is 7.51. The molecular weight excluding hydrogens is 304 g/mol. The molecule has 1 amide bonds. The molecule has 0 saturated heterocycles. The molecule has 0 atom stereocenters. The fourth-order valence-electron chi connectivity index (χ4n) is 2.25. The van der Waals surface area contributed by atoms with E-state index in [4.69, 9.17) is 6.42 Å². The first-order valence-electron chi connectivity index (χ1n) is 7.67. The summed E-state index contributed by atoms with van der Waals surface area (Å²) in [5, 5.41) is 3.03. The summed E-state index contributed by atoms with van der Waals surface area (Å²) in [5.74, 6) is 2.64. The maximum Gasteiger partial charge on any atom is 0.233 e. The molecule has 3 nitrogen and oxygen atoms in total. The van der Waals surface area contributed by atoms with Crippen molar-refractivity contribution in [2.45, 2.75) is 39.5 Å². The lowest BCUT2D eigenvalue weighted by Crippen LogP contribution is -2.32. The van der Waals surface area contributed by atoms with E-state index in [1.54, 1.807) is 16.2 Å². The van der Waals surface area contributed by atoms with Gasteiger partial charge in [-0.1, -0.05) is 32.8 Å². The van der Waals surface area contributed by atoms with Gasteiger partial charge in [0.2, 0.25) is 5.91 Å². The van der Waals surface area contributed by atoms with Crippen LogP contribution in [0.15, 0.2) is 29.6 Å². The van der Waals surface area contributed by atoms with Gasteiger partial charge in [0.05, 0.1) is 17.1 Å². The molecule has 120 valence electrons. The van der Waals surface area contributed by atoms with Gasteiger partial charge in [-0.05, 0) is 25.1 Å². The van der Waals surface area contributed by atoms with Crippen molar-refractivity contribution in [2.24, 2.45) is 0 Å². The van der Waals surface area contributed by atoms with Gasteiger partial charge in [0.1, 0.15) is 0 Å². The Balaban J connectivity index is 2.17. The Morgan fingerprint density at radius 2 is 2.13 bits per heavy atom. The predicted octanol–water partition coefficient (Wildman–Crippen LogP) is 4.02. The van der Waals surface area contributed by atoms with E-state index >= 15 is 0 Å². The predicted molar refractivity (Wildman–Crippen MR) is 96.9 cm³/mol. The van der Waals surface area contributed by atoms with Crippen LogP contribution in [0.4, 0.5) is 5.69 Å². The van der Waals surface area contributed by atoms with Gasteiger partial charge >= 0.3 is 0 Å². The molecule has 0 bridgehead atoms. The molecule has 0 aliphatic rings. The first-order chi connectivity index (χ1) is 10.8. The Bertz CT molecular complexity index is 734. The summed E-state index contributed by atoms with van der Waals surface area (Å²) < 4.78 is 0. The SMILES string of the molecule is C#Cc1cccc(N(CC)C(=O)Cc2csc(C(C)(C)C)n2)c1. The molecule has 1 aromatic heterocycles. The Hall–Kier alpha value is -2.12. The van der Waals surface area contributed by atoms with Gasteiger partial charge in [0, 0.05) is 28.6 Å². The van der Waals surface area contributed by atoms with E-state index < -0.39 is 0 Å². The monoisotopic (exact) mass is 326 g/mol. The van der Waals surface area contributed by atoms with Crippen molar-refractivity contribution in [1.29, 1.82) is 0 Å². The molecule has 0 aliphatic carbocycles. The van der Waals surface area contributed by atoms with Crippen molar-refractivity contribution in [2.75, 3.05) is 11.4 Å². The van der Waals surface area contributed by atoms with E-state index in [1.807, 2.05) is 36.6 Å². The van der Waals surface area contributed by atoms with Crippen LogP contribution in [-0.4, -0.2) is 17.4 Å². The van der Waals surface area contributed by atoms with Crippen molar-refractivity contribution in [1.82, 2.24) is 4.98 Å². The lowest BCUT2D eigenvalue weighted by Gasteiger charge is -2.21. The van der Waals surface area contributed by atoms with Gasteiger partial charge in [0.15, 0.2) is 0 Å². The number of nitrogens with zero attached hydrogens (tertiary/aromatic N) is 2. The molecule has 0 unspecified atom stereocenters. The molecule has 0 spiro atoms. The molecule has 1 aromatic carbocycles. The highest BCUT2D eigenvalue weighted by atomic mass is 32.1. The summed E-state index contributed by atoms with van der Waals surface area (Å²) in [5.41, 5.74) is 2.45. The first kappa shape index (κ1) is 17.2. The van der Waals surface area contributed by atoms with Gasteiger partial charge in [0.25, 0.3) is 0 Å². The highest BCUT2D eigenvalue weighted by Gasteiger charge is 2.20. The highest BCUT2D eigenvalue weighted by molar-refractivity contribution is 7.09. The number of likely N-dealkylation sites (N-methyl/N-ethyl adjacent to an activating group) is 1. The number of rotatable bonds is 4. The van der Waals surface area contributed by atoms with Gasteiger partial charge in [-0.3, -0.25) is 4.79 Å². The maximum absolute atomic E-state index is 12.6. The van der Waals surface area contributed by atoms with Crippen LogP contribution in [0.25, 0.3) is 0 Å². The molecule has 0 aliphatic heterocycles. The molecule has 0 fully saturated rings. The van der Waals surface area contributed by atoms with Gasteiger partial charge < -0.3 is 4.90 Å². The summed E-state index contributed by atoms with van der Waals surface area (Å²) in [7, 11) is 0. The second kappa shape index (κ2) is 6.97. The van der Waals surface area contributed by atoms with Crippen molar-refractivity contribution in [3.63, 3.8) is 0 Å². The standard InChI is InChI=1S/C19H22N2OS/c1-6-14-9-8-10-16(11-14)21(7-2)17(22)12-15-13-23-18(20-15)19(3,4)5/h1,8-11,13H,7,12H2,2-5H3. The molecule has 0 radical (unpaired) electrons. The topological polar surface area (TPSA) is 33.2 Å². The average molecular weight is 326 g/mol. The Morgan fingerprint density at radius 1 is 1.39 bits per heavy atom. The van der Waals surface area contributed by atoms with Crippen LogP contribution in [0.3, 0.4) is 0 Å². The minimum Gasteiger partial charge on any atom is -0.312 e. The number of thiazole rings is 1. The second-order valence-electron chi connectivity index (χ2n) is 6.40. The normalized spacial score (nSPS) is 11.1. The van der Waals surface area contributed by atoms with Crippen LogP contribution in [0.5, 0.6) is 0 Å². The molecule has 23 heavy (non-hydrogen) atoms. The maximum atomic E-state index is 12.6. The van der Waals surface area contributed by atoms with E-state index in [9.17, 15) is 4.79 Å². The molecule has 1 heterocycles. The zero-order valence-corrected chi connectivity index (χ0v) is 14.9. The fraction of sp³-hybridized carbons (Fsp3) is 0.368. The van der Waals surface area contributed by atoms with Gasteiger partial charge in [-0.2, -0.15) is 0 Å². The molecule has 0 N–H and O–H groups in total. The fourth-order valence-corrected chi connectivity index (χ4v) is 3.16. The second-order valence-corrected chi connectivity index (χ2v) is 7.26. The van der Waals surface area contributed by atoms with Crippen LogP contribution in [0.2, 0.25) is 0 Å². The Kier molecular flexibility index (Phi) is 5.23. The zero-order valence-electron chi connectivity index (χ0n) is 14.1. The summed E-state index contributed by atoms with van der Waals surface area (Å²) in [6.07, 6.45) is 5.75. The van der Waals surface area contributed by atoms with E-state index in [0.29, 0.717) is 13.0 Å². The highest BCUT2D eigenvalue weighted by Crippen LogP contribution is 2.26. The van der Waals surface area contributed by atoms with Gasteiger partial charge in [-0.15, -0.1) is 17.8 Å². The largest absolute Gasteiger partial charge is 0.312 e. The summed E-state index contributed by atoms with van der Waals surface area (Å²) >= 11 is 1.61. The third kappa shape index (κ3) is 4.20. The minimum atomic E-state index is 0.0114. The number of carbonyl (C=O) groups is 1. The van der Waals surface area contributed by atoms with E-state index in [2.05, 4.69) is 31.7 Å². The van der Waals surface area contributed by atoms with Crippen LogP contribution in [0.1, 0.15) is 44.0 Å². The number of terminal acetylenes is 1. The number of amides is 1. The summed E-state index contributed by atoms with van der Waals surface area (Å²) in [6.45, 7) is 8.94. The number of benzene rings is 1.